The highest BCUT2D eigenvalue weighted by atomic mass is 32.2. The van der Waals surface area contributed by atoms with Gasteiger partial charge in [0.1, 0.15) is 4.90 Å². The molecule has 1 aliphatic carbocycles. The van der Waals surface area contributed by atoms with Gasteiger partial charge in [-0.2, -0.15) is 0 Å². The second-order valence-corrected chi connectivity index (χ2v) is 6.85. The third-order valence-corrected chi connectivity index (χ3v) is 4.65. The molecule has 0 spiro atoms. The fraction of sp³-hybridized carbons (Fsp3) is 0.538. The van der Waals surface area contributed by atoms with E-state index in [-0.39, 0.29) is 16.6 Å². The molecule has 0 heterocycles. The molecule has 8 heteroatoms. The lowest BCUT2D eigenvalue weighted by atomic mass is 10.1. The Balaban J connectivity index is 2.31. The first kappa shape index (κ1) is 15.7. The van der Waals surface area contributed by atoms with Gasteiger partial charge in [-0.1, -0.05) is 25.7 Å². The van der Waals surface area contributed by atoms with Crippen molar-refractivity contribution in [3.05, 3.63) is 28.3 Å². The predicted molar refractivity (Wildman–Crippen MR) is 79.6 cm³/mol. The van der Waals surface area contributed by atoms with Crippen LogP contribution in [-0.4, -0.2) is 19.4 Å². The molecular formula is C13H19N3O4S. The zero-order valence-electron chi connectivity index (χ0n) is 11.6. The molecule has 2 rings (SSSR count). The third kappa shape index (κ3) is 4.15. The summed E-state index contributed by atoms with van der Waals surface area (Å²) in [5.41, 5.74) is 0.0560. The first-order chi connectivity index (χ1) is 9.88. The highest BCUT2D eigenvalue weighted by molar-refractivity contribution is 7.89. The number of hydrogen-bond donors (Lipinski definition) is 2. The van der Waals surface area contributed by atoms with E-state index in [0.29, 0.717) is 5.69 Å². The molecule has 3 N–H and O–H groups in total. The van der Waals surface area contributed by atoms with E-state index in [0.717, 1.165) is 31.7 Å². The van der Waals surface area contributed by atoms with Crippen molar-refractivity contribution in [3.63, 3.8) is 0 Å². The number of primary sulfonamides is 1. The highest BCUT2D eigenvalue weighted by Crippen LogP contribution is 2.28. The van der Waals surface area contributed by atoms with E-state index in [4.69, 9.17) is 5.14 Å². The van der Waals surface area contributed by atoms with Crippen molar-refractivity contribution in [2.24, 2.45) is 5.14 Å². The molecule has 0 bridgehead atoms. The lowest BCUT2D eigenvalue weighted by molar-refractivity contribution is -0.385. The highest BCUT2D eigenvalue weighted by Gasteiger charge is 2.21. The minimum Gasteiger partial charge on any atom is -0.381 e. The summed E-state index contributed by atoms with van der Waals surface area (Å²) >= 11 is 0. The number of nitrogens with one attached hydrogen (secondary N) is 1. The summed E-state index contributed by atoms with van der Waals surface area (Å²) in [7, 11) is -4.02. The van der Waals surface area contributed by atoms with Crippen molar-refractivity contribution >= 4 is 21.4 Å². The van der Waals surface area contributed by atoms with Gasteiger partial charge in [-0.25, -0.2) is 13.6 Å². The molecule has 116 valence electrons. The van der Waals surface area contributed by atoms with Crippen LogP contribution in [-0.2, 0) is 10.0 Å². The summed E-state index contributed by atoms with van der Waals surface area (Å²) in [6.07, 6.45) is 6.47. The molecule has 1 fully saturated rings. The molecule has 0 amide bonds. The summed E-state index contributed by atoms with van der Waals surface area (Å²) in [5, 5.41) is 19.1. The average Bonchev–Trinajstić information content (AvgIpc) is 2.66. The monoisotopic (exact) mass is 313 g/mol. The van der Waals surface area contributed by atoms with Crippen molar-refractivity contribution in [1.82, 2.24) is 0 Å². The smallest absolute Gasteiger partial charge is 0.270 e. The van der Waals surface area contributed by atoms with Crippen LogP contribution in [0.25, 0.3) is 0 Å². The molecule has 0 atom stereocenters. The summed E-state index contributed by atoms with van der Waals surface area (Å²) in [4.78, 5) is 9.92. The average molecular weight is 313 g/mol. The Morgan fingerprint density at radius 3 is 2.33 bits per heavy atom. The maximum absolute atomic E-state index is 11.7. The van der Waals surface area contributed by atoms with E-state index in [9.17, 15) is 18.5 Å². The van der Waals surface area contributed by atoms with Gasteiger partial charge in [0.2, 0.25) is 10.0 Å². The van der Waals surface area contributed by atoms with Gasteiger partial charge in [0.15, 0.2) is 0 Å². The molecular weight excluding hydrogens is 294 g/mol. The quantitative estimate of drug-likeness (QED) is 0.503. The Morgan fingerprint density at radius 2 is 1.81 bits per heavy atom. The molecule has 0 aliphatic heterocycles. The second-order valence-electron chi connectivity index (χ2n) is 5.32. The molecule has 0 radical (unpaired) electrons. The normalized spacial score (nSPS) is 17.2. The molecule has 21 heavy (non-hydrogen) atoms. The van der Waals surface area contributed by atoms with Crippen LogP contribution in [0.1, 0.15) is 38.5 Å². The number of anilines is 1. The van der Waals surface area contributed by atoms with Crippen LogP contribution in [0.5, 0.6) is 0 Å². The molecule has 1 aromatic carbocycles. The van der Waals surface area contributed by atoms with E-state index >= 15 is 0 Å². The van der Waals surface area contributed by atoms with Crippen LogP contribution in [0.2, 0.25) is 0 Å². The minimum atomic E-state index is -4.02. The van der Waals surface area contributed by atoms with Crippen molar-refractivity contribution in [2.45, 2.75) is 49.5 Å². The minimum absolute atomic E-state index is 0.175. The Bertz CT molecular complexity index is 622. The number of non-ortho nitro benzene ring substituents is 1. The number of nitro groups is 1. The lowest BCUT2D eigenvalue weighted by Gasteiger charge is -2.19. The fourth-order valence-electron chi connectivity index (χ4n) is 2.62. The summed E-state index contributed by atoms with van der Waals surface area (Å²) < 4.78 is 23.3. The maximum atomic E-state index is 11.7. The van der Waals surface area contributed by atoms with Gasteiger partial charge in [-0.15, -0.1) is 0 Å². The zero-order chi connectivity index (χ0) is 15.5. The molecule has 0 unspecified atom stereocenters. The SMILES string of the molecule is NS(=O)(=O)c1cc([N+](=O)[O-])ccc1NC1CCCCCC1. The van der Waals surface area contributed by atoms with Crippen LogP contribution in [0.3, 0.4) is 0 Å². The largest absolute Gasteiger partial charge is 0.381 e. The second kappa shape index (κ2) is 6.40. The Labute approximate surface area is 123 Å². The van der Waals surface area contributed by atoms with E-state index < -0.39 is 14.9 Å². The number of benzene rings is 1. The van der Waals surface area contributed by atoms with Crippen molar-refractivity contribution in [1.29, 1.82) is 0 Å². The molecule has 1 saturated carbocycles. The van der Waals surface area contributed by atoms with Gasteiger partial charge in [-0.05, 0) is 18.9 Å². The van der Waals surface area contributed by atoms with Crippen LogP contribution in [0.4, 0.5) is 11.4 Å². The zero-order valence-corrected chi connectivity index (χ0v) is 12.4. The lowest BCUT2D eigenvalue weighted by Crippen LogP contribution is -2.22. The van der Waals surface area contributed by atoms with E-state index in [1.165, 1.54) is 25.0 Å². The first-order valence-corrected chi connectivity index (χ1v) is 8.50. The molecule has 0 aromatic heterocycles. The Kier molecular flexibility index (Phi) is 4.79. The van der Waals surface area contributed by atoms with Gasteiger partial charge in [0.05, 0.1) is 10.6 Å². The van der Waals surface area contributed by atoms with Crippen molar-refractivity contribution in [2.75, 3.05) is 5.32 Å². The predicted octanol–water partition coefficient (Wildman–Crippen LogP) is 2.38. The number of nitrogens with two attached hydrogens (primary N) is 1. The maximum Gasteiger partial charge on any atom is 0.270 e. The summed E-state index contributed by atoms with van der Waals surface area (Å²) in [6.45, 7) is 0. The van der Waals surface area contributed by atoms with Gasteiger partial charge in [-0.3, -0.25) is 10.1 Å². The number of sulfonamides is 1. The van der Waals surface area contributed by atoms with Gasteiger partial charge in [0.25, 0.3) is 5.69 Å². The number of nitrogens with zero attached hydrogens (tertiary/aromatic N) is 1. The topological polar surface area (TPSA) is 115 Å². The van der Waals surface area contributed by atoms with Crippen molar-refractivity contribution < 1.29 is 13.3 Å². The summed E-state index contributed by atoms with van der Waals surface area (Å²) in [6, 6.07) is 3.89. The van der Waals surface area contributed by atoms with E-state index in [1.54, 1.807) is 0 Å². The molecule has 1 aliphatic rings. The molecule has 0 saturated heterocycles. The van der Waals surface area contributed by atoms with Gasteiger partial charge in [0, 0.05) is 18.2 Å². The van der Waals surface area contributed by atoms with Crippen LogP contribution < -0.4 is 10.5 Å². The third-order valence-electron chi connectivity index (χ3n) is 3.70. The van der Waals surface area contributed by atoms with Crippen LogP contribution >= 0.6 is 0 Å². The van der Waals surface area contributed by atoms with Gasteiger partial charge < -0.3 is 5.32 Å². The number of hydrogen-bond acceptors (Lipinski definition) is 5. The molecule has 7 nitrogen and oxygen atoms in total. The summed E-state index contributed by atoms with van der Waals surface area (Å²) in [5.74, 6) is 0. The number of rotatable bonds is 4. The van der Waals surface area contributed by atoms with Crippen molar-refractivity contribution in [3.8, 4) is 0 Å². The molecule has 1 aromatic rings. The number of nitro benzene ring substituents is 1. The first-order valence-electron chi connectivity index (χ1n) is 6.96. The van der Waals surface area contributed by atoms with E-state index in [1.807, 2.05) is 0 Å². The van der Waals surface area contributed by atoms with Gasteiger partial charge >= 0.3 is 0 Å². The van der Waals surface area contributed by atoms with E-state index in [2.05, 4.69) is 5.32 Å². The fourth-order valence-corrected chi connectivity index (χ4v) is 3.34. The van der Waals surface area contributed by atoms with Crippen LogP contribution in [0, 0.1) is 10.1 Å². The van der Waals surface area contributed by atoms with Crippen LogP contribution in [0.15, 0.2) is 23.1 Å². The Hall–Kier alpha value is -1.67. The Morgan fingerprint density at radius 1 is 1.19 bits per heavy atom. The standard InChI is InChI=1S/C13H19N3O4S/c14-21(19,20)13-9-11(16(17)18)7-8-12(13)15-10-5-3-1-2-4-6-10/h7-10,15H,1-6H2,(H2,14,19,20).